The third-order valence-electron chi connectivity index (χ3n) is 3.32. The molecule has 124 valence electrons. The number of aromatic nitrogens is 5. The van der Waals surface area contributed by atoms with Gasteiger partial charge in [0.1, 0.15) is 12.7 Å². The van der Waals surface area contributed by atoms with E-state index in [9.17, 15) is 4.79 Å². The van der Waals surface area contributed by atoms with E-state index in [1.54, 1.807) is 47.4 Å². The summed E-state index contributed by atoms with van der Waals surface area (Å²) in [5.74, 6) is 0.440. The molecule has 0 aliphatic rings. The van der Waals surface area contributed by atoms with E-state index in [4.69, 9.17) is 13.7 Å². The molecular formula is C16H11N5O4. The Bertz CT molecular complexity index is 959. The maximum Gasteiger partial charge on any atom is 0.338 e. The van der Waals surface area contributed by atoms with Crippen LogP contribution >= 0.6 is 0 Å². The molecule has 0 fully saturated rings. The first-order chi connectivity index (χ1) is 12.3. The molecule has 0 saturated carbocycles. The second kappa shape index (κ2) is 6.40. The fourth-order valence-electron chi connectivity index (χ4n) is 2.12. The quantitative estimate of drug-likeness (QED) is 0.510. The van der Waals surface area contributed by atoms with Crippen molar-refractivity contribution in [3.8, 4) is 17.3 Å². The van der Waals surface area contributed by atoms with Crippen molar-refractivity contribution in [2.75, 3.05) is 0 Å². The maximum absolute atomic E-state index is 12.1. The summed E-state index contributed by atoms with van der Waals surface area (Å²) in [4.78, 5) is 20.1. The van der Waals surface area contributed by atoms with Crippen LogP contribution in [0.2, 0.25) is 0 Å². The summed E-state index contributed by atoms with van der Waals surface area (Å²) in [6.45, 7) is -0.103. The number of hydrogen-bond acceptors (Lipinski definition) is 8. The van der Waals surface area contributed by atoms with Crippen molar-refractivity contribution in [1.82, 2.24) is 24.9 Å². The first kappa shape index (κ1) is 14.8. The van der Waals surface area contributed by atoms with Gasteiger partial charge in [-0.3, -0.25) is 0 Å². The zero-order chi connectivity index (χ0) is 17.1. The third-order valence-corrected chi connectivity index (χ3v) is 3.32. The van der Waals surface area contributed by atoms with Gasteiger partial charge in [0.05, 0.1) is 17.5 Å². The van der Waals surface area contributed by atoms with Crippen LogP contribution in [0.15, 0.2) is 64.3 Å². The average molecular weight is 337 g/mol. The average Bonchev–Trinajstić information content (AvgIpc) is 3.42. The van der Waals surface area contributed by atoms with Crippen molar-refractivity contribution in [2.24, 2.45) is 0 Å². The van der Waals surface area contributed by atoms with E-state index in [0.29, 0.717) is 11.3 Å². The molecule has 0 spiro atoms. The van der Waals surface area contributed by atoms with Gasteiger partial charge in [-0.15, -0.1) is 0 Å². The van der Waals surface area contributed by atoms with Gasteiger partial charge >= 0.3 is 5.97 Å². The molecule has 1 aromatic carbocycles. The highest BCUT2D eigenvalue weighted by atomic mass is 16.5. The van der Waals surface area contributed by atoms with Gasteiger partial charge in [-0.2, -0.15) is 10.1 Å². The number of esters is 1. The van der Waals surface area contributed by atoms with Crippen LogP contribution in [0, 0.1) is 0 Å². The second-order valence-corrected chi connectivity index (χ2v) is 4.96. The molecule has 0 atom stereocenters. The van der Waals surface area contributed by atoms with Crippen LogP contribution in [0.3, 0.4) is 0 Å². The number of carbonyl (C=O) groups excluding carboxylic acids is 1. The highest BCUT2D eigenvalue weighted by Gasteiger charge is 2.14. The van der Waals surface area contributed by atoms with Gasteiger partial charge in [0.25, 0.3) is 5.89 Å². The van der Waals surface area contributed by atoms with Gasteiger partial charge in [-0.1, -0.05) is 5.16 Å². The summed E-state index contributed by atoms with van der Waals surface area (Å²) in [6.07, 6.45) is 4.51. The Morgan fingerprint density at radius 1 is 1.20 bits per heavy atom. The van der Waals surface area contributed by atoms with Crippen molar-refractivity contribution in [2.45, 2.75) is 6.61 Å². The summed E-state index contributed by atoms with van der Waals surface area (Å²) in [5, 5.41) is 7.76. The number of ether oxygens (including phenoxy) is 1. The molecule has 25 heavy (non-hydrogen) atoms. The van der Waals surface area contributed by atoms with Gasteiger partial charge < -0.3 is 13.7 Å². The van der Waals surface area contributed by atoms with Gasteiger partial charge in [0, 0.05) is 0 Å². The second-order valence-electron chi connectivity index (χ2n) is 4.96. The molecule has 0 aliphatic heterocycles. The van der Waals surface area contributed by atoms with Crippen molar-refractivity contribution >= 4 is 5.97 Å². The molecule has 3 heterocycles. The largest absolute Gasteiger partial charge is 0.459 e. The molecule has 9 heteroatoms. The lowest BCUT2D eigenvalue weighted by atomic mass is 10.2. The van der Waals surface area contributed by atoms with Crippen LogP contribution < -0.4 is 0 Å². The van der Waals surface area contributed by atoms with E-state index in [1.165, 1.54) is 12.6 Å². The fourth-order valence-corrected chi connectivity index (χ4v) is 2.12. The summed E-state index contributed by atoms with van der Waals surface area (Å²) in [5.41, 5.74) is 1.19. The minimum atomic E-state index is -0.491. The van der Waals surface area contributed by atoms with E-state index in [0.717, 1.165) is 5.69 Å². The molecule has 3 aromatic heterocycles. The molecule has 9 nitrogen and oxygen atoms in total. The number of hydrogen-bond donors (Lipinski definition) is 0. The highest BCUT2D eigenvalue weighted by Crippen LogP contribution is 2.17. The van der Waals surface area contributed by atoms with Crippen molar-refractivity contribution in [1.29, 1.82) is 0 Å². The van der Waals surface area contributed by atoms with Gasteiger partial charge in [0.15, 0.2) is 12.4 Å². The summed E-state index contributed by atoms with van der Waals surface area (Å²) in [7, 11) is 0. The van der Waals surface area contributed by atoms with E-state index in [1.807, 2.05) is 0 Å². The molecule has 4 rings (SSSR count). The molecule has 0 aliphatic carbocycles. The number of benzene rings is 1. The number of carbonyl (C=O) groups is 1. The van der Waals surface area contributed by atoms with Crippen LogP contribution in [-0.4, -0.2) is 30.9 Å². The molecule has 4 aromatic rings. The topological polar surface area (TPSA) is 109 Å². The van der Waals surface area contributed by atoms with Crippen LogP contribution in [0.4, 0.5) is 0 Å². The molecule has 0 N–H and O–H groups in total. The maximum atomic E-state index is 12.1. The molecule has 0 bridgehead atoms. The fraction of sp³-hybridized carbons (Fsp3) is 0.0625. The Morgan fingerprint density at radius 3 is 2.80 bits per heavy atom. The Kier molecular flexibility index (Phi) is 3.79. The Labute approximate surface area is 140 Å². The van der Waals surface area contributed by atoms with E-state index < -0.39 is 5.97 Å². The van der Waals surface area contributed by atoms with Crippen LogP contribution in [-0.2, 0) is 11.3 Å². The normalized spacial score (nSPS) is 10.7. The molecule has 0 radical (unpaired) electrons. The Morgan fingerprint density at radius 2 is 2.08 bits per heavy atom. The highest BCUT2D eigenvalue weighted by molar-refractivity contribution is 5.89. The zero-order valence-electron chi connectivity index (χ0n) is 12.8. The summed E-state index contributed by atoms with van der Waals surface area (Å²) >= 11 is 0. The Balaban J connectivity index is 1.39. The Hall–Kier alpha value is -3.75. The van der Waals surface area contributed by atoms with Gasteiger partial charge in [0.2, 0.25) is 5.82 Å². The minimum absolute atomic E-state index is 0.103. The van der Waals surface area contributed by atoms with Crippen LogP contribution in [0.25, 0.3) is 17.3 Å². The molecular weight excluding hydrogens is 326 g/mol. The first-order valence-corrected chi connectivity index (χ1v) is 7.28. The lowest BCUT2D eigenvalue weighted by Crippen LogP contribution is -2.06. The van der Waals surface area contributed by atoms with E-state index in [2.05, 4.69) is 20.2 Å². The zero-order valence-corrected chi connectivity index (χ0v) is 12.8. The van der Waals surface area contributed by atoms with E-state index in [-0.39, 0.29) is 18.3 Å². The lowest BCUT2D eigenvalue weighted by Gasteiger charge is -2.04. The number of furan rings is 1. The predicted molar refractivity (Wildman–Crippen MR) is 82.5 cm³/mol. The van der Waals surface area contributed by atoms with Crippen molar-refractivity contribution in [3.63, 3.8) is 0 Å². The molecule has 0 saturated heterocycles. The van der Waals surface area contributed by atoms with Crippen molar-refractivity contribution in [3.05, 3.63) is 66.7 Å². The minimum Gasteiger partial charge on any atom is -0.459 e. The van der Waals surface area contributed by atoms with Gasteiger partial charge in [-0.25, -0.2) is 14.5 Å². The molecule has 0 amide bonds. The van der Waals surface area contributed by atoms with E-state index >= 15 is 0 Å². The predicted octanol–water partition coefficient (Wildman–Crippen LogP) is 2.27. The summed E-state index contributed by atoms with van der Waals surface area (Å²) < 4.78 is 17.0. The standard InChI is InChI=1S/C16H11N5O4/c22-16(11-3-5-12(6-4-11)21-10-17-9-18-21)24-8-14-19-15(25-20-14)13-2-1-7-23-13/h1-7,9-10H,8H2. The smallest absolute Gasteiger partial charge is 0.338 e. The SMILES string of the molecule is O=C(OCc1noc(-c2ccco2)n1)c1ccc(-n2cncn2)cc1. The van der Waals surface area contributed by atoms with Gasteiger partial charge in [-0.05, 0) is 36.4 Å². The lowest BCUT2D eigenvalue weighted by molar-refractivity contribution is 0.0459. The van der Waals surface area contributed by atoms with Crippen LogP contribution in [0.1, 0.15) is 16.2 Å². The summed E-state index contributed by atoms with van der Waals surface area (Å²) in [6, 6.07) is 10.2. The molecule has 0 unspecified atom stereocenters. The number of rotatable bonds is 5. The van der Waals surface area contributed by atoms with Crippen molar-refractivity contribution < 1.29 is 18.5 Å². The van der Waals surface area contributed by atoms with Crippen LogP contribution in [0.5, 0.6) is 0 Å². The third kappa shape index (κ3) is 3.15. The first-order valence-electron chi connectivity index (χ1n) is 7.28. The monoisotopic (exact) mass is 337 g/mol. The number of nitrogens with zero attached hydrogens (tertiary/aromatic N) is 5.